The van der Waals surface area contributed by atoms with Crippen molar-refractivity contribution in [3.8, 4) is 11.8 Å². The zero-order chi connectivity index (χ0) is 19.5. The zero-order valence-electron chi connectivity index (χ0n) is 16.4. The second kappa shape index (κ2) is 8.05. The Morgan fingerprint density at radius 3 is 2.61 bits per heavy atom. The maximum atomic E-state index is 12.8. The number of amides is 1. The van der Waals surface area contributed by atoms with E-state index in [-0.39, 0.29) is 5.92 Å². The van der Waals surface area contributed by atoms with E-state index < -0.39 is 0 Å². The van der Waals surface area contributed by atoms with Gasteiger partial charge in [-0.05, 0) is 50.3 Å². The molecule has 2 fully saturated rings. The molecule has 3 heterocycles. The maximum Gasteiger partial charge on any atom is 0.225 e. The highest BCUT2D eigenvalue weighted by molar-refractivity contribution is 5.95. The van der Waals surface area contributed by atoms with Crippen molar-refractivity contribution in [1.82, 2.24) is 9.88 Å². The van der Waals surface area contributed by atoms with Crippen molar-refractivity contribution in [3.63, 3.8) is 0 Å². The Morgan fingerprint density at radius 2 is 1.93 bits per heavy atom. The van der Waals surface area contributed by atoms with Gasteiger partial charge in [-0.2, -0.15) is 5.26 Å². The van der Waals surface area contributed by atoms with E-state index in [0.717, 1.165) is 74.2 Å². The smallest absolute Gasteiger partial charge is 0.225 e. The number of aromatic nitrogens is 1. The fourth-order valence-electron chi connectivity index (χ4n) is 4.43. The average molecular weight is 378 g/mol. The highest BCUT2D eigenvalue weighted by Crippen LogP contribution is 2.34. The predicted molar refractivity (Wildman–Crippen MR) is 108 cm³/mol. The van der Waals surface area contributed by atoms with E-state index in [1.165, 1.54) is 6.42 Å². The fraction of sp³-hybridized carbons (Fsp3) is 0.500. The summed E-state index contributed by atoms with van der Waals surface area (Å²) in [5, 5.41) is 10.6. The van der Waals surface area contributed by atoms with Gasteiger partial charge in [0, 0.05) is 43.7 Å². The molecule has 0 atom stereocenters. The number of likely N-dealkylation sites (tertiary alicyclic amines) is 1. The van der Waals surface area contributed by atoms with Gasteiger partial charge in [0.15, 0.2) is 0 Å². The Morgan fingerprint density at radius 1 is 1.18 bits per heavy atom. The minimum atomic E-state index is 0.0996. The molecule has 6 nitrogen and oxygen atoms in total. The van der Waals surface area contributed by atoms with E-state index in [0.29, 0.717) is 11.5 Å². The second-order valence-electron chi connectivity index (χ2n) is 7.66. The van der Waals surface area contributed by atoms with Crippen LogP contribution < -0.4 is 9.64 Å². The van der Waals surface area contributed by atoms with Gasteiger partial charge in [-0.15, -0.1) is 0 Å². The molecule has 1 aromatic carbocycles. The summed E-state index contributed by atoms with van der Waals surface area (Å²) >= 11 is 0. The first-order valence-corrected chi connectivity index (χ1v) is 10.1. The summed E-state index contributed by atoms with van der Waals surface area (Å²) < 4.78 is 5.37. The summed E-state index contributed by atoms with van der Waals surface area (Å²) in [6.07, 6.45) is 6.79. The number of methoxy groups -OCH3 is 1. The topological polar surface area (TPSA) is 69.5 Å². The quantitative estimate of drug-likeness (QED) is 0.819. The maximum absolute atomic E-state index is 12.8. The Labute approximate surface area is 165 Å². The largest absolute Gasteiger partial charge is 0.497 e. The summed E-state index contributed by atoms with van der Waals surface area (Å²) in [5.74, 6) is 1.17. The third-order valence-electron chi connectivity index (χ3n) is 6.00. The highest BCUT2D eigenvalue weighted by Gasteiger charge is 2.30. The van der Waals surface area contributed by atoms with Crippen LogP contribution in [0.25, 0.3) is 10.9 Å². The Kier molecular flexibility index (Phi) is 5.34. The summed E-state index contributed by atoms with van der Waals surface area (Å²) in [6, 6.07) is 8.04. The van der Waals surface area contributed by atoms with Crippen molar-refractivity contribution in [3.05, 3.63) is 30.0 Å². The number of pyridine rings is 1. The molecule has 146 valence electrons. The summed E-state index contributed by atoms with van der Waals surface area (Å²) in [5.41, 5.74) is 2.33. The Balaban J connectivity index is 1.56. The van der Waals surface area contributed by atoms with Crippen molar-refractivity contribution in [2.75, 3.05) is 38.2 Å². The van der Waals surface area contributed by atoms with Crippen LogP contribution in [0.1, 0.15) is 37.7 Å². The van der Waals surface area contributed by atoms with Crippen LogP contribution in [0.2, 0.25) is 0 Å². The molecule has 6 heteroatoms. The van der Waals surface area contributed by atoms with E-state index in [1.54, 1.807) is 13.3 Å². The first kappa shape index (κ1) is 18.5. The molecule has 0 N–H and O–H groups in total. The molecule has 1 amide bonds. The van der Waals surface area contributed by atoms with Gasteiger partial charge in [-0.25, -0.2) is 0 Å². The number of hydrogen-bond donors (Lipinski definition) is 0. The number of carbonyl (C=O) groups is 1. The zero-order valence-corrected chi connectivity index (χ0v) is 16.4. The SMILES string of the molecule is COc1ccc2ncc(C#N)c(N3CCC(C(=O)N4CCCCC4)CC3)c2c1. The molecule has 0 aliphatic carbocycles. The number of piperidine rings is 2. The third kappa shape index (κ3) is 3.49. The minimum Gasteiger partial charge on any atom is -0.497 e. The first-order chi connectivity index (χ1) is 13.7. The van der Waals surface area contributed by atoms with Crippen LogP contribution in [0, 0.1) is 17.2 Å². The van der Waals surface area contributed by atoms with Gasteiger partial charge in [-0.1, -0.05) is 0 Å². The summed E-state index contributed by atoms with van der Waals surface area (Å²) in [6.45, 7) is 3.36. The van der Waals surface area contributed by atoms with Crippen LogP contribution in [0.3, 0.4) is 0 Å². The van der Waals surface area contributed by atoms with Crippen LogP contribution in [0.4, 0.5) is 5.69 Å². The number of nitriles is 1. The van der Waals surface area contributed by atoms with Crippen molar-refractivity contribution in [1.29, 1.82) is 5.26 Å². The molecule has 0 radical (unpaired) electrons. The van der Waals surface area contributed by atoms with E-state index >= 15 is 0 Å². The molecule has 0 unspecified atom stereocenters. The number of ether oxygens (including phenoxy) is 1. The molecular formula is C22H26N4O2. The molecule has 2 aliphatic heterocycles. The van der Waals surface area contributed by atoms with Gasteiger partial charge in [0.1, 0.15) is 11.8 Å². The van der Waals surface area contributed by atoms with Crippen molar-refractivity contribution in [2.45, 2.75) is 32.1 Å². The average Bonchev–Trinajstić information content (AvgIpc) is 2.78. The Hall–Kier alpha value is -2.81. The number of hydrogen-bond acceptors (Lipinski definition) is 5. The molecule has 1 aromatic heterocycles. The molecule has 0 saturated carbocycles. The van der Waals surface area contributed by atoms with Crippen LogP contribution in [0.5, 0.6) is 5.75 Å². The fourth-order valence-corrected chi connectivity index (χ4v) is 4.43. The van der Waals surface area contributed by atoms with Crippen LogP contribution in [-0.2, 0) is 4.79 Å². The first-order valence-electron chi connectivity index (χ1n) is 10.1. The number of nitrogens with zero attached hydrogens (tertiary/aromatic N) is 4. The van der Waals surface area contributed by atoms with E-state index in [2.05, 4.69) is 20.9 Å². The van der Waals surface area contributed by atoms with E-state index in [4.69, 9.17) is 4.74 Å². The van der Waals surface area contributed by atoms with Crippen LogP contribution in [-0.4, -0.2) is 49.1 Å². The lowest BCUT2D eigenvalue weighted by Crippen LogP contribution is -2.44. The van der Waals surface area contributed by atoms with Gasteiger partial charge in [-0.3, -0.25) is 9.78 Å². The van der Waals surface area contributed by atoms with Gasteiger partial charge in [0.2, 0.25) is 5.91 Å². The monoisotopic (exact) mass is 378 g/mol. The molecule has 2 saturated heterocycles. The molecule has 0 spiro atoms. The van der Waals surface area contributed by atoms with Crippen LogP contribution >= 0.6 is 0 Å². The van der Waals surface area contributed by atoms with E-state index in [1.807, 2.05) is 18.2 Å². The van der Waals surface area contributed by atoms with Crippen LogP contribution in [0.15, 0.2) is 24.4 Å². The number of benzene rings is 1. The summed E-state index contributed by atoms with van der Waals surface area (Å²) in [7, 11) is 1.64. The normalized spacial score (nSPS) is 18.1. The molecule has 2 aromatic rings. The summed E-state index contributed by atoms with van der Waals surface area (Å²) in [4.78, 5) is 21.6. The molecular weight excluding hydrogens is 352 g/mol. The molecule has 2 aliphatic rings. The van der Waals surface area contributed by atoms with Crippen molar-refractivity contribution < 1.29 is 9.53 Å². The third-order valence-corrected chi connectivity index (χ3v) is 6.00. The second-order valence-corrected chi connectivity index (χ2v) is 7.66. The number of carbonyl (C=O) groups excluding carboxylic acids is 1. The lowest BCUT2D eigenvalue weighted by molar-refractivity contribution is -0.137. The lowest BCUT2D eigenvalue weighted by atomic mass is 9.93. The van der Waals surface area contributed by atoms with Gasteiger partial charge >= 0.3 is 0 Å². The van der Waals surface area contributed by atoms with Gasteiger partial charge < -0.3 is 14.5 Å². The van der Waals surface area contributed by atoms with Gasteiger partial charge in [0.05, 0.1) is 23.9 Å². The highest BCUT2D eigenvalue weighted by atomic mass is 16.5. The van der Waals surface area contributed by atoms with E-state index in [9.17, 15) is 10.1 Å². The van der Waals surface area contributed by atoms with Crippen molar-refractivity contribution >= 4 is 22.5 Å². The minimum absolute atomic E-state index is 0.0996. The standard InChI is InChI=1S/C22H26N4O2/c1-28-18-5-6-20-19(13-18)21(17(14-23)15-24-20)25-11-7-16(8-12-25)22(27)26-9-3-2-4-10-26/h5-6,13,15-16H,2-4,7-12H2,1H3. The van der Waals surface area contributed by atoms with Crippen molar-refractivity contribution in [2.24, 2.45) is 5.92 Å². The number of anilines is 1. The van der Waals surface area contributed by atoms with Gasteiger partial charge in [0.25, 0.3) is 0 Å². The molecule has 28 heavy (non-hydrogen) atoms. The number of fused-ring (bicyclic) bond motifs is 1. The lowest BCUT2D eigenvalue weighted by Gasteiger charge is -2.37. The predicted octanol–water partition coefficient (Wildman–Crippen LogP) is 3.34. The molecule has 4 rings (SSSR count). The molecule has 0 bridgehead atoms. The number of rotatable bonds is 3. The Bertz CT molecular complexity index is 907.